The first-order valence-electron chi connectivity index (χ1n) is 19.8. The Morgan fingerprint density at radius 2 is 1.66 bits per heavy atom. The van der Waals surface area contributed by atoms with Crippen molar-refractivity contribution in [2.75, 3.05) is 54.1 Å². The highest BCUT2D eigenvalue weighted by molar-refractivity contribution is 5.92. The number of aryl methyl sites for hydroxylation is 1. The number of carbonyl (C=O) groups excluding carboxylic acids is 4. The molecule has 3 amide bonds. The van der Waals surface area contributed by atoms with Crippen LogP contribution in [0.1, 0.15) is 64.6 Å². The van der Waals surface area contributed by atoms with Crippen LogP contribution in [-0.2, 0) is 35.0 Å². The number of methoxy groups -OCH3 is 2. The van der Waals surface area contributed by atoms with E-state index in [1.165, 1.54) is 20.6 Å². The number of benzene rings is 3. The molecule has 1 aliphatic heterocycles. The number of morpholine rings is 1. The normalized spacial score (nSPS) is 14.1. The third kappa shape index (κ3) is 12.3. The highest BCUT2D eigenvalue weighted by Gasteiger charge is 2.36. The van der Waals surface area contributed by atoms with Crippen LogP contribution in [0.4, 0.5) is 4.79 Å². The summed E-state index contributed by atoms with van der Waals surface area (Å²) in [6.45, 7) is 10.5. The van der Waals surface area contributed by atoms with Gasteiger partial charge in [-0.2, -0.15) is 0 Å². The monoisotopic (exact) mass is 798 g/mol. The Hall–Kier alpha value is -5.80. The van der Waals surface area contributed by atoms with E-state index < -0.39 is 18.2 Å². The van der Waals surface area contributed by atoms with E-state index >= 15 is 0 Å². The summed E-state index contributed by atoms with van der Waals surface area (Å²) < 4.78 is 14.4. The van der Waals surface area contributed by atoms with Crippen LogP contribution in [0.5, 0.6) is 0 Å². The van der Waals surface area contributed by atoms with Crippen molar-refractivity contribution in [2.24, 2.45) is 5.92 Å². The zero-order chi connectivity index (χ0) is 42.0. The first kappa shape index (κ1) is 44.9. The fraction of sp³-hybridized carbons (Fsp3) is 0.442. The summed E-state index contributed by atoms with van der Waals surface area (Å²) in [5.74, 6) is 1.25. The average molecular weight is 799 g/mol. The van der Waals surface area contributed by atoms with E-state index in [-0.39, 0.29) is 17.7 Å². The van der Waals surface area contributed by atoms with Crippen LogP contribution in [-0.4, -0.2) is 109 Å². The number of imidazole rings is 2. The van der Waals surface area contributed by atoms with Gasteiger partial charge in [0.1, 0.15) is 23.7 Å². The molecule has 0 bridgehead atoms. The smallest absolute Gasteiger partial charge is 0.407 e. The van der Waals surface area contributed by atoms with Gasteiger partial charge in [-0.1, -0.05) is 64.4 Å². The molecule has 15 nitrogen and oxygen atoms in total. The van der Waals surface area contributed by atoms with Crippen LogP contribution in [0.25, 0.3) is 44.2 Å². The number of unbranched alkanes of at least 4 members (excludes halogenated alkanes) is 1. The number of aromatic nitrogens is 4. The van der Waals surface area contributed by atoms with Crippen LogP contribution in [0, 0.1) is 5.92 Å². The Bertz CT molecular complexity index is 2100. The molecule has 1 fully saturated rings. The number of fused-ring (bicyclic) bond motifs is 2. The number of hydrogen-bond donors (Lipinski definition) is 5. The lowest BCUT2D eigenvalue weighted by Crippen LogP contribution is -2.54. The molecule has 0 spiro atoms. The second-order valence-corrected chi connectivity index (χ2v) is 14.2. The Labute approximate surface area is 340 Å². The zero-order valence-electron chi connectivity index (χ0n) is 34.6. The quantitative estimate of drug-likeness (QED) is 0.0666. The number of likely N-dealkylation sites (N-methyl/N-ethyl adjacent to an activating group) is 1. The van der Waals surface area contributed by atoms with Gasteiger partial charge < -0.3 is 45.0 Å². The van der Waals surface area contributed by atoms with Gasteiger partial charge in [-0.25, -0.2) is 14.8 Å². The summed E-state index contributed by atoms with van der Waals surface area (Å²) in [5.41, 5.74) is 5.81. The third-order valence-electron chi connectivity index (χ3n) is 9.33. The fourth-order valence-corrected chi connectivity index (χ4v) is 6.44. The van der Waals surface area contributed by atoms with Crippen LogP contribution < -0.4 is 16.0 Å². The van der Waals surface area contributed by atoms with Crippen molar-refractivity contribution < 1.29 is 33.4 Å². The van der Waals surface area contributed by atoms with E-state index in [1.54, 1.807) is 11.9 Å². The average Bonchev–Trinajstić information content (AvgIpc) is 3.90. The molecule has 2 atom stereocenters. The van der Waals surface area contributed by atoms with E-state index in [0.717, 1.165) is 69.3 Å². The van der Waals surface area contributed by atoms with Gasteiger partial charge in [-0.05, 0) is 72.0 Å². The maximum atomic E-state index is 13.7. The topological polar surface area (TPSA) is 193 Å². The lowest BCUT2D eigenvalue weighted by atomic mass is 9.99. The zero-order valence-corrected chi connectivity index (χ0v) is 34.6. The van der Waals surface area contributed by atoms with Crippen LogP contribution in [0.15, 0.2) is 60.8 Å². The molecular weight excluding hydrogens is 741 g/mol. The number of H-pyrrole nitrogens is 2. The van der Waals surface area contributed by atoms with Crippen molar-refractivity contribution >= 4 is 46.2 Å². The fourth-order valence-electron chi connectivity index (χ4n) is 6.44. The molecule has 0 radical (unpaired) electrons. The number of alkyl carbamates (subject to hydrolysis) is 1. The molecule has 0 aliphatic carbocycles. The second kappa shape index (κ2) is 22.8. The van der Waals surface area contributed by atoms with E-state index in [2.05, 4.69) is 98.0 Å². The van der Waals surface area contributed by atoms with Gasteiger partial charge in [0.2, 0.25) is 11.8 Å². The number of nitrogens with one attached hydrogen (secondary N) is 5. The van der Waals surface area contributed by atoms with Crippen molar-refractivity contribution in [3.63, 3.8) is 0 Å². The molecule has 6 rings (SSSR count). The summed E-state index contributed by atoms with van der Waals surface area (Å²) >= 11 is 0. The van der Waals surface area contributed by atoms with Gasteiger partial charge in [0.05, 0.1) is 56.9 Å². The number of rotatable bonds is 14. The predicted octanol–water partition coefficient (Wildman–Crippen LogP) is 5.92. The van der Waals surface area contributed by atoms with Crippen molar-refractivity contribution in [2.45, 2.75) is 65.5 Å². The first-order chi connectivity index (χ1) is 28.1. The maximum absolute atomic E-state index is 13.7. The first-order valence-corrected chi connectivity index (χ1v) is 19.8. The molecule has 312 valence electrons. The predicted molar refractivity (Wildman–Crippen MR) is 225 cm³/mol. The third-order valence-corrected chi connectivity index (χ3v) is 9.33. The Kier molecular flexibility index (Phi) is 17.7. The Morgan fingerprint density at radius 3 is 2.33 bits per heavy atom. The van der Waals surface area contributed by atoms with Crippen molar-refractivity contribution in [3.05, 3.63) is 72.4 Å². The molecule has 58 heavy (non-hydrogen) atoms. The van der Waals surface area contributed by atoms with Gasteiger partial charge in [-0.3, -0.25) is 14.4 Å². The molecule has 2 aromatic heterocycles. The minimum absolute atomic E-state index is 0.0102. The SMILES string of the molecule is CCC.CNCC(=O)NCCCCc1ncc(-c2ccc3cc(-c4ccc5nc(C6COCCN6C(=O)C(NC(=O)OC)C(C)C)[nH]c5c4)ccc3c2)[nH]1.COC=O. The van der Waals surface area contributed by atoms with E-state index in [9.17, 15) is 14.4 Å². The summed E-state index contributed by atoms with van der Waals surface area (Å²) in [4.78, 5) is 64.3. The number of nitrogens with zero attached hydrogens (tertiary/aromatic N) is 3. The lowest BCUT2D eigenvalue weighted by molar-refractivity contribution is -0.143. The largest absolute Gasteiger partial charge is 0.471 e. The number of carbonyl (C=O) groups is 4. The van der Waals surface area contributed by atoms with E-state index in [0.29, 0.717) is 45.1 Å². The highest BCUT2D eigenvalue weighted by atomic mass is 16.5. The van der Waals surface area contributed by atoms with Gasteiger partial charge in [-0.15, -0.1) is 0 Å². The molecule has 2 unspecified atom stereocenters. The molecule has 1 saturated heterocycles. The van der Waals surface area contributed by atoms with E-state index in [4.69, 9.17) is 19.3 Å². The lowest BCUT2D eigenvalue weighted by Gasteiger charge is -2.37. The van der Waals surface area contributed by atoms with Crippen molar-refractivity contribution in [1.29, 1.82) is 0 Å². The van der Waals surface area contributed by atoms with Crippen molar-refractivity contribution in [1.82, 2.24) is 40.8 Å². The van der Waals surface area contributed by atoms with E-state index in [1.807, 2.05) is 26.1 Å². The Balaban J connectivity index is 0.000000987. The van der Waals surface area contributed by atoms with Gasteiger partial charge in [0, 0.05) is 25.1 Å². The molecule has 5 aromatic rings. The minimum atomic E-state index is -0.735. The van der Waals surface area contributed by atoms with Gasteiger partial charge in [0.15, 0.2) is 0 Å². The van der Waals surface area contributed by atoms with Gasteiger partial charge >= 0.3 is 6.09 Å². The molecule has 15 heteroatoms. The maximum Gasteiger partial charge on any atom is 0.407 e. The summed E-state index contributed by atoms with van der Waals surface area (Å²) in [5, 5.41) is 10.7. The van der Waals surface area contributed by atoms with Gasteiger partial charge in [0.25, 0.3) is 6.47 Å². The van der Waals surface area contributed by atoms with Crippen LogP contribution >= 0.6 is 0 Å². The van der Waals surface area contributed by atoms with Crippen LogP contribution in [0.3, 0.4) is 0 Å². The standard InChI is InChI=1S/C38H46N8O5.C3H8.C2H4O2/c1-23(2)35(45-38(49)50-4)37(48)46-15-16-51-22-32(46)36-43-29-13-12-27(19-30(29)44-36)25-8-9-26-18-28(11-10-24(26)17-25)31-20-41-33(42-31)7-5-6-14-40-34(47)21-39-3;1-3-2;1-4-2-3/h8-13,17-20,23,32,35,39H,5-7,14-16,21-22H2,1-4H3,(H,40,47)(H,41,42)(H,43,44)(H,45,49);3H2,1-2H3;2H,1H3. The Morgan fingerprint density at radius 1 is 0.983 bits per heavy atom. The number of ether oxygens (including phenoxy) is 3. The summed E-state index contributed by atoms with van der Waals surface area (Å²) in [6, 6.07) is 17.8. The molecule has 3 heterocycles. The molecular formula is C43H58N8O7. The molecule has 1 aliphatic rings. The molecule has 0 saturated carbocycles. The molecule has 5 N–H and O–H groups in total. The number of aromatic amines is 2. The van der Waals surface area contributed by atoms with Crippen molar-refractivity contribution in [3.8, 4) is 22.4 Å². The summed E-state index contributed by atoms with van der Waals surface area (Å²) in [7, 11) is 4.35. The highest BCUT2D eigenvalue weighted by Crippen LogP contribution is 2.31. The van der Waals surface area contributed by atoms with Crippen LogP contribution in [0.2, 0.25) is 0 Å². The number of hydrogen-bond acceptors (Lipinski definition) is 10. The number of amides is 3. The summed E-state index contributed by atoms with van der Waals surface area (Å²) in [6.07, 6.45) is 5.13. The minimum Gasteiger partial charge on any atom is -0.471 e. The second-order valence-electron chi connectivity index (χ2n) is 14.2. The molecule has 3 aromatic carbocycles.